The molecule has 76 valence electrons. The number of nitrogens with zero attached hydrogens (tertiary/aromatic N) is 2. The summed E-state index contributed by atoms with van der Waals surface area (Å²) >= 11 is 0. The zero-order valence-electron chi connectivity index (χ0n) is 8.87. The summed E-state index contributed by atoms with van der Waals surface area (Å²) < 4.78 is 11.5. The average molecular weight is 195 g/mol. The molecule has 0 bridgehead atoms. The van der Waals surface area contributed by atoms with Crippen molar-refractivity contribution in [1.82, 2.24) is 15.2 Å². The highest BCUT2D eigenvalue weighted by atomic mass is 16.7. The molecule has 0 spiro atoms. The van der Waals surface area contributed by atoms with Gasteiger partial charge in [-0.25, -0.2) is 4.98 Å². The number of rotatable bonds is 1. The van der Waals surface area contributed by atoms with Crippen molar-refractivity contribution in [3.8, 4) is 0 Å². The highest BCUT2D eigenvalue weighted by Gasteiger charge is 2.52. The highest BCUT2D eigenvalue weighted by molar-refractivity contribution is 6.60. The lowest BCUT2D eigenvalue weighted by Gasteiger charge is -2.32. The summed E-state index contributed by atoms with van der Waals surface area (Å²) in [5.74, 6) is 0. The fourth-order valence-electron chi connectivity index (χ4n) is 1.28. The predicted molar refractivity (Wildman–Crippen MR) is 52.1 cm³/mol. The van der Waals surface area contributed by atoms with Gasteiger partial charge in [-0.15, -0.1) is 0 Å². The van der Waals surface area contributed by atoms with E-state index in [-0.39, 0.29) is 11.2 Å². The van der Waals surface area contributed by atoms with Crippen LogP contribution in [-0.2, 0) is 9.31 Å². The number of aromatic amines is 1. The molecule has 1 fully saturated rings. The molecular formula is C8H14BN3O2. The largest absolute Gasteiger partial charge is 0.534 e. The lowest BCUT2D eigenvalue weighted by Crippen LogP contribution is -2.41. The van der Waals surface area contributed by atoms with Gasteiger partial charge < -0.3 is 9.31 Å². The number of hydrogen-bond donors (Lipinski definition) is 1. The van der Waals surface area contributed by atoms with Gasteiger partial charge in [0, 0.05) is 0 Å². The molecule has 0 unspecified atom stereocenters. The SMILES string of the molecule is CC1(C)OB(c2ncn[nH]2)OC1(C)C. The molecule has 0 saturated carbocycles. The molecule has 6 heteroatoms. The van der Waals surface area contributed by atoms with Crippen LogP contribution in [0.25, 0.3) is 0 Å². The highest BCUT2D eigenvalue weighted by Crippen LogP contribution is 2.35. The third kappa shape index (κ3) is 1.34. The van der Waals surface area contributed by atoms with Crippen molar-refractivity contribution in [3.05, 3.63) is 6.33 Å². The van der Waals surface area contributed by atoms with Crippen LogP contribution in [0.3, 0.4) is 0 Å². The normalized spacial score (nSPS) is 24.1. The van der Waals surface area contributed by atoms with E-state index in [2.05, 4.69) is 15.2 Å². The lowest BCUT2D eigenvalue weighted by atomic mass is 9.90. The summed E-state index contributed by atoms with van der Waals surface area (Å²) in [6.45, 7) is 8.01. The van der Waals surface area contributed by atoms with Crippen molar-refractivity contribution in [2.24, 2.45) is 0 Å². The molecule has 1 aliphatic heterocycles. The fraction of sp³-hybridized carbons (Fsp3) is 0.750. The van der Waals surface area contributed by atoms with Crippen LogP contribution >= 0.6 is 0 Å². The molecule has 14 heavy (non-hydrogen) atoms. The summed E-state index contributed by atoms with van der Waals surface area (Å²) in [5.41, 5.74) is -0.0433. The third-order valence-corrected chi connectivity index (χ3v) is 2.91. The van der Waals surface area contributed by atoms with Crippen LogP contribution < -0.4 is 5.72 Å². The van der Waals surface area contributed by atoms with Crippen molar-refractivity contribution in [2.45, 2.75) is 38.9 Å². The Bertz CT molecular complexity index is 307. The summed E-state index contributed by atoms with van der Waals surface area (Å²) in [6.07, 6.45) is 1.44. The molecule has 1 aliphatic rings. The Morgan fingerprint density at radius 2 is 1.79 bits per heavy atom. The molecular weight excluding hydrogens is 181 g/mol. The van der Waals surface area contributed by atoms with Gasteiger partial charge in [0.05, 0.1) is 11.2 Å². The predicted octanol–water partition coefficient (Wildman–Crippen LogP) is 0.104. The fourth-order valence-corrected chi connectivity index (χ4v) is 1.28. The third-order valence-electron chi connectivity index (χ3n) is 2.91. The minimum absolute atomic E-state index is 0.329. The zero-order chi connectivity index (χ0) is 10.4. The molecule has 1 saturated heterocycles. The van der Waals surface area contributed by atoms with Crippen LogP contribution in [0.1, 0.15) is 27.7 Å². The van der Waals surface area contributed by atoms with Gasteiger partial charge in [-0.3, -0.25) is 5.10 Å². The smallest absolute Gasteiger partial charge is 0.397 e. The molecule has 0 aliphatic carbocycles. The Hall–Kier alpha value is -0.875. The first-order valence-electron chi connectivity index (χ1n) is 4.63. The van der Waals surface area contributed by atoms with Crippen LogP contribution in [-0.4, -0.2) is 33.5 Å². The molecule has 2 rings (SSSR count). The maximum absolute atomic E-state index is 5.75. The Balaban J connectivity index is 2.22. The maximum atomic E-state index is 5.75. The van der Waals surface area contributed by atoms with Crippen LogP contribution in [0, 0.1) is 0 Å². The van der Waals surface area contributed by atoms with E-state index in [9.17, 15) is 0 Å². The van der Waals surface area contributed by atoms with E-state index in [1.54, 1.807) is 0 Å². The van der Waals surface area contributed by atoms with Gasteiger partial charge in [0.2, 0.25) is 0 Å². The molecule has 0 aromatic carbocycles. The van der Waals surface area contributed by atoms with Gasteiger partial charge in [-0.05, 0) is 27.7 Å². The van der Waals surface area contributed by atoms with Crippen LogP contribution in [0.5, 0.6) is 0 Å². The van der Waals surface area contributed by atoms with Gasteiger partial charge >= 0.3 is 7.12 Å². The van der Waals surface area contributed by atoms with Gasteiger partial charge in [0.1, 0.15) is 6.33 Å². The first-order valence-corrected chi connectivity index (χ1v) is 4.63. The molecule has 0 atom stereocenters. The summed E-state index contributed by atoms with van der Waals surface area (Å²) in [5, 5.41) is 6.51. The van der Waals surface area contributed by atoms with Gasteiger partial charge in [0.15, 0.2) is 5.72 Å². The van der Waals surface area contributed by atoms with E-state index in [1.165, 1.54) is 6.33 Å². The quantitative estimate of drug-likeness (QED) is 0.645. The van der Waals surface area contributed by atoms with Crippen molar-refractivity contribution in [1.29, 1.82) is 0 Å². The summed E-state index contributed by atoms with van der Waals surface area (Å²) in [4.78, 5) is 4.01. The van der Waals surface area contributed by atoms with Gasteiger partial charge in [-0.2, -0.15) is 5.10 Å². The maximum Gasteiger partial charge on any atom is 0.534 e. The van der Waals surface area contributed by atoms with E-state index in [0.29, 0.717) is 5.72 Å². The summed E-state index contributed by atoms with van der Waals surface area (Å²) in [6, 6.07) is 0. The van der Waals surface area contributed by atoms with E-state index in [0.717, 1.165) is 0 Å². The average Bonchev–Trinajstić information content (AvgIpc) is 2.58. The summed E-state index contributed by atoms with van der Waals surface area (Å²) in [7, 11) is -0.442. The van der Waals surface area contributed by atoms with Crippen LogP contribution in [0.15, 0.2) is 6.33 Å². The number of H-pyrrole nitrogens is 1. The lowest BCUT2D eigenvalue weighted by molar-refractivity contribution is 0.00578. The van der Waals surface area contributed by atoms with Gasteiger partial charge in [-0.1, -0.05) is 0 Å². The number of hydrogen-bond acceptors (Lipinski definition) is 4. The molecule has 5 nitrogen and oxygen atoms in total. The van der Waals surface area contributed by atoms with Crippen LogP contribution in [0.4, 0.5) is 0 Å². The van der Waals surface area contributed by atoms with Crippen molar-refractivity contribution in [2.75, 3.05) is 0 Å². The zero-order valence-corrected chi connectivity index (χ0v) is 8.87. The van der Waals surface area contributed by atoms with Crippen molar-refractivity contribution < 1.29 is 9.31 Å². The second kappa shape index (κ2) is 2.81. The minimum atomic E-state index is -0.442. The molecule has 2 heterocycles. The molecule has 1 aromatic heterocycles. The monoisotopic (exact) mass is 195 g/mol. The molecule has 1 aromatic rings. The number of nitrogens with one attached hydrogen (secondary N) is 1. The topological polar surface area (TPSA) is 60.0 Å². The van der Waals surface area contributed by atoms with E-state index >= 15 is 0 Å². The van der Waals surface area contributed by atoms with E-state index in [1.807, 2.05) is 27.7 Å². The van der Waals surface area contributed by atoms with Gasteiger partial charge in [0.25, 0.3) is 0 Å². The molecule has 0 radical (unpaired) electrons. The minimum Gasteiger partial charge on any atom is -0.397 e. The van der Waals surface area contributed by atoms with Crippen molar-refractivity contribution in [3.63, 3.8) is 0 Å². The Kier molecular flexibility index (Phi) is 1.94. The second-order valence-corrected chi connectivity index (χ2v) is 4.46. The molecule has 1 N–H and O–H groups in total. The van der Waals surface area contributed by atoms with E-state index in [4.69, 9.17) is 9.31 Å². The van der Waals surface area contributed by atoms with E-state index < -0.39 is 7.12 Å². The van der Waals surface area contributed by atoms with Crippen LogP contribution in [0.2, 0.25) is 0 Å². The number of aromatic nitrogens is 3. The molecule has 0 amide bonds. The Morgan fingerprint density at radius 3 is 2.21 bits per heavy atom. The first kappa shape index (κ1) is 9.67. The standard InChI is InChI=1S/C8H14BN3O2/c1-7(2)8(3,4)14-9(13-7)6-10-5-11-12-6/h5H,1-4H3,(H,10,11,12). The Morgan fingerprint density at radius 1 is 1.21 bits per heavy atom. The Labute approximate surface area is 83.4 Å². The second-order valence-electron chi connectivity index (χ2n) is 4.46. The first-order chi connectivity index (χ1) is 6.42. The van der Waals surface area contributed by atoms with Crippen molar-refractivity contribution >= 4 is 12.8 Å².